The molecule has 0 aliphatic heterocycles. The Balaban J connectivity index is 1.77. The molecular formula is C18H23N3O6. The van der Waals surface area contributed by atoms with E-state index in [4.69, 9.17) is 4.74 Å². The molecule has 9 nitrogen and oxygen atoms in total. The molecule has 0 heterocycles. The van der Waals surface area contributed by atoms with Gasteiger partial charge in [0.2, 0.25) is 5.91 Å². The molecule has 0 bridgehead atoms. The van der Waals surface area contributed by atoms with Crippen LogP contribution in [0.1, 0.15) is 39.0 Å². The summed E-state index contributed by atoms with van der Waals surface area (Å²) in [6.07, 6.45) is 3.69. The third kappa shape index (κ3) is 6.36. The van der Waals surface area contributed by atoms with Gasteiger partial charge in [0.25, 0.3) is 11.6 Å². The van der Waals surface area contributed by atoms with Crippen LogP contribution in [-0.2, 0) is 19.1 Å². The normalized spacial score (nSPS) is 15.4. The van der Waals surface area contributed by atoms with Gasteiger partial charge in [0.15, 0.2) is 6.10 Å². The van der Waals surface area contributed by atoms with Crippen LogP contribution in [0, 0.1) is 16.0 Å². The number of hydrogen-bond donors (Lipinski definition) is 2. The van der Waals surface area contributed by atoms with Crippen LogP contribution in [0.3, 0.4) is 0 Å². The number of hydrogen-bond acceptors (Lipinski definition) is 6. The molecule has 2 rings (SSSR count). The molecular weight excluding hydrogens is 354 g/mol. The number of nitrogens with zero attached hydrogens (tertiary/aromatic N) is 1. The number of ether oxygens (including phenoxy) is 1. The first-order valence-corrected chi connectivity index (χ1v) is 8.89. The molecule has 1 aliphatic rings. The van der Waals surface area contributed by atoms with Gasteiger partial charge >= 0.3 is 5.97 Å². The van der Waals surface area contributed by atoms with E-state index in [-0.39, 0.29) is 29.7 Å². The Kier molecular flexibility index (Phi) is 7.27. The number of non-ortho nitro benzene ring substituents is 1. The van der Waals surface area contributed by atoms with E-state index in [9.17, 15) is 24.5 Å². The second-order valence-corrected chi connectivity index (χ2v) is 6.48. The first kappa shape index (κ1) is 20.3. The van der Waals surface area contributed by atoms with Crippen molar-refractivity contribution in [3.63, 3.8) is 0 Å². The predicted molar refractivity (Wildman–Crippen MR) is 96.9 cm³/mol. The molecule has 1 aromatic rings. The van der Waals surface area contributed by atoms with Gasteiger partial charge in [0, 0.05) is 23.7 Å². The fraction of sp³-hybridized carbons (Fsp3) is 0.500. The number of carbonyl (C=O) groups is 3. The van der Waals surface area contributed by atoms with Gasteiger partial charge in [-0.1, -0.05) is 25.3 Å². The Hall–Kier alpha value is -2.97. The van der Waals surface area contributed by atoms with Crippen molar-refractivity contribution in [2.45, 2.75) is 45.1 Å². The average Bonchev–Trinajstić information content (AvgIpc) is 2.66. The Bertz CT molecular complexity index is 715. The van der Waals surface area contributed by atoms with Crippen LogP contribution in [0.2, 0.25) is 0 Å². The fourth-order valence-corrected chi connectivity index (χ4v) is 2.90. The zero-order valence-corrected chi connectivity index (χ0v) is 15.1. The first-order valence-electron chi connectivity index (χ1n) is 8.89. The second kappa shape index (κ2) is 9.65. The third-order valence-corrected chi connectivity index (χ3v) is 4.38. The molecule has 27 heavy (non-hydrogen) atoms. The highest BCUT2D eigenvalue weighted by molar-refractivity contribution is 5.95. The molecule has 1 aromatic carbocycles. The van der Waals surface area contributed by atoms with Crippen LogP contribution < -0.4 is 10.6 Å². The van der Waals surface area contributed by atoms with Crippen molar-refractivity contribution in [3.8, 4) is 0 Å². The van der Waals surface area contributed by atoms with E-state index in [0.717, 1.165) is 32.1 Å². The highest BCUT2D eigenvalue weighted by Gasteiger charge is 2.23. The Morgan fingerprint density at radius 2 is 1.96 bits per heavy atom. The Morgan fingerprint density at radius 3 is 2.63 bits per heavy atom. The van der Waals surface area contributed by atoms with Crippen LogP contribution >= 0.6 is 0 Å². The second-order valence-electron chi connectivity index (χ2n) is 6.48. The van der Waals surface area contributed by atoms with Crippen LogP contribution in [0.5, 0.6) is 0 Å². The van der Waals surface area contributed by atoms with Crippen molar-refractivity contribution in [2.24, 2.45) is 5.92 Å². The minimum atomic E-state index is -1.11. The SMILES string of the molecule is CC(OC(=O)CNC(=O)C1CCCCC1)C(=O)Nc1cccc([N+](=O)[O-])c1. The molecule has 0 radical (unpaired) electrons. The smallest absolute Gasteiger partial charge is 0.326 e. The molecule has 9 heteroatoms. The number of esters is 1. The highest BCUT2D eigenvalue weighted by Crippen LogP contribution is 2.23. The maximum absolute atomic E-state index is 12.1. The summed E-state index contributed by atoms with van der Waals surface area (Å²) >= 11 is 0. The minimum Gasteiger partial charge on any atom is -0.451 e. The van der Waals surface area contributed by atoms with Gasteiger partial charge in [-0.25, -0.2) is 0 Å². The lowest BCUT2D eigenvalue weighted by atomic mass is 9.89. The summed E-state index contributed by atoms with van der Waals surface area (Å²) in [6, 6.07) is 5.43. The maximum Gasteiger partial charge on any atom is 0.326 e. The van der Waals surface area contributed by atoms with Gasteiger partial charge in [-0.3, -0.25) is 24.5 Å². The van der Waals surface area contributed by atoms with E-state index in [0.29, 0.717) is 0 Å². The first-order chi connectivity index (χ1) is 12.9. The highest BCUT2D eigenvalue weighted by atomic mass is 16.6. The molecule has 1 atom stereocenters. The van der Waals surface area contributed by atoms with Crippen LogP contribution in [-0.4, -0.2) is 35.4 Å². The van der Waals surface area contributed by atoms with E-state index >= 15 is 0 Å². The van der Waals surface area contributed by atoms with Crippen LogP contribution in [0.25, 0.3) is 0 Å². The molecule has 1 unspecified atom stereocenters. The summed E-state index contributed by atoms with van der Waals surface area (Å²) in [6.45, 7) is 1.08. The standard InChI is InChI=1S/C18H23N3O6/c1-12(17(23)20-14-8-5-9-15(10-14)21(25)26)27-16(22)11-19-18(24)13-6-3-2-4-7-13/h5,8-10,12-13H,2-4,6-7,11H2,1H3,(H,19,24)(H,20,23). The molecule has 0 aromatic heterocycles. The summed E-state index contributed by atoms with van der Waals surface area (Å²) in [7, 11) is 0. The molecule has 2 N–H and O–H groups in total. The van der Waals surface area contributed by atoms with Gasteiger partial charge in [-0.05, 0) is 25.8 Å². The van der Waals surface area contributed by atoms with Crippen molar-refractivity contribution in [1.82, 2.24) is 5.32 Å². The van der Waals surface area contributed by atoms with Gasteiger partial charge in [0.05, 0.1) is 4.92 Å². The van der Waals surface area contributed by atoms with E-state index in [1.54, 1.807) is 0 Å². The minimum absolute atomic E-state index is 0.0684. The zero-order chi connectivity index (χ0) is 19.8. The number of amides is 2. The average molecular weight is 377 g/mol. The maximum atomic E-state index is 12.1. The van der Waals surface area contributed by atoms with E-state index in [1.807, 2.05) is 0 Å². The summed E-state index contributed by atoms with van der Waals surface area (Å²) in [5.41, 5.74) is 0.0607. The monoisotopic (exact) mass is 377 g/mol. The number of nitro benzene ring substituents is 1. The predicted octanol–water partition coefficient (Wildman–Crippen LogP) is 2.16. The zero-order valence-electron chi connectivity index (χ0n) is 15.1. The summed E-state index contributed by atoms with van der Waals surface area (Å²) in [5.74, 6) is -1.58. The molecule has 2 amide bonds. The van der Waals surface area contributed by atoms with Crippen molar-refractivity contribution in [2.75, 3.05) is 11.9 Å². The number of carbonyl (C=O) groups excluding carboxylic acids is 3. The van der Waals surface area contributed by atoms with Crippen molar-refractivity contribution in [1.29, 1.82) is 0 Å². The molecule has 1 saturated carbocycles. The van der Waals surface area contributed by atoms with E-state index in [1.165, 1.54) is 31.2 Å². The van der Waals surface area contributed by atoms with Crippen LogP contribution in [0.15, 0.2) is 24.3 Å². The molecule has 1 fully saturated rings. The number of nitro groups is 1. The van der Waals surface area contributed by atoms with Gasteiger partial charge in [0.1, 0.15) is 6.54 Å². The number of rotatable bonds is 7. The summed E-state index contributed by atoms with van der Waals surface area (Å²) in [4.78, 5) is 46.1. The summed E-state index contributed by atoms with van der Waals surface area (Å²) in [5, 5.41) is 15.7. The lowest BCUT2D eigenvalue weighted by Crippen LogP contribution is -2.38. The number of anilines is 1. The van der Waals surface area contributed by atoms with Crippen molar-refractivity contribution < 1.29 is 24.0 Å². The fourth-order valence-electron chi connectivity index (χ4n) is 2.90. The lowest BCUT2D eigenvalue weighted by Gasteiger charge is -2.20. The molecule has 1 aliphatic carbocycles. The Labute approximate surface area is 156 Å². The van der Waals surface area contributed by atoms with E-state index in [2.05, 4.69) is 10.6 Å². The molecule has 0 spiro atoms. The third-order valence-electron chi connectivity index (χ3n) is 4.38. The van der Waals surface area contributed by atoms with Gasteiger partial charge in [-0.2, -0.15) is 0 Å². The Morgan fingerprint density at radius 1 is 1.26 bits per heavy atom. The molecule has 0 saturated heterocycles. The molecule has 146 valence electrons. The van der Waals surface area contributed by atoms with Crippen molar-refractivity contribution in [3.05, 3.63) is 34.4 Å². The topological polar surface area (TPSA) is 128 Å². The van der Waals surface area contributed by atoms with E-state index < -0.39 is 22.9 Å². The summed E-state index contributed by atoms with van der Waals surface area (Å²) < 4.78 is 5.00. The lowest BCUT2D eigenvalue weighted by molar-refractivity contribution is -0.384. The van der Waals surface area contributed by atoms with Gasteiger partial charge in [-0.15, -0.1) is 0 Å². The number of benzene rings is 1. The number of nitrogens with one attached hydrogen (secondary N) is 2. The van der Waals surface area contributed by atoms with Gasteiger partial charge < -0.3 is 15.4 Å². The van der Waals surface area contributed by atoms with Crippen molar-refractivity contribution >= 4 is 29.2 Å². The quantitative estimate of drug-likeness (QED) is 0.426. The largest absolute Gasteiger partial charge is 0.451 e. The van der Waals surface area contributed by atoms with Crippen LogP contribution in [0.4, 0.5) is 11.4 Å².